The third kappa shape index (κ3) is 2.10. The van der Waals surface area contributed by atoms with Crippen LogP contribution in [-0.4, -0.2) is 10.7 Å². The van der Waals surface area contributed by atoms with Gasteiger partial charge in [0.1, 0.15) is 4.47 Å². The van der Waals surface area contributed by atoms with E-state index in [1.807, 2.05) is 0 Å². The Morgan fingerprint density at radius 2 is 2.14 bits per heavy atom. The molecule has 0 atom stereocenters. The van der Waals surface area contributed by atoms with E-state index in [1.54, 1.807) is 0 Å². The van der Waals surface area contributed by atoms with Gasteiger partial charge in [0, 0.05) is 16.7 Å². The summed E-state index contributed by atoms with van der Waals surface area (Å²) >= 11 is 8.63. The zero-order chi connectivity index (χ0) is 10.9. The van der Waals surface area contributed by atoms with Gasteiger partial charge in [-0.15, -0.1) is 0 Å². The van der Waals surface area contributed by atoms with Crippen molar-refractivity contribution in [3.8, 4) is 0 Å². The number of carbonyl (C=O) groups excluding carboxylic acids is 1. The fourth-order valence-corrected chi connectivity index (χ4v) is 1.83. The Kier molecular flexibility index (Phi) is 3.23. The van der Waals surface area contributed by atoms with E-state index >= 15 is 0 Å². The SMILES string of the molecule is CC(=O)c1cc(Cl)cc([N+](=O)[O-])c1Br. The van der Waals surface area contributed by atoms with Crippen LogP contribution in [0.15, 0.2) is 16.6 Å². The number of ketones is 1. The highest BCUT2D eigenvalue weighted by atomic mass is 79.9. The Hall–Kier alpha value is -0.940. The molecule has 4 nitrogen and oxygen atoms in total. The van der Waals surface area contributed by atoms with E-state index in [2.05, 4.69) is 15.9 Å². The molecule has 74 valence electrons. The molecule has 14 heavy (non-hydrogen) atoms. The minimum Gasteiger partial charge on any atom is -0.294 e. The van der Waals surface area contributed by atoms with E-state index in [4.69, 9.17) is 11.6 Å². The summed E-state index contributed by atoms with van der Waals surface area (Å²) in [5.41, 5.74) is 0.00639. The second-order valence-corrected chi connectivity index (χ2v) is 3.83. The lowest BCUT2D eigenvalue weighted by molar-refractivity contribution is -0.385. The zero-order valence-electron chi connectivity index (χ0n) is 7.08. The molecule has 1 aromatic carbocycles. The van der Waals surface area contributed by atoms with Crippen LogP contribution in [-0.2, 0) is 0 Å². The molecule has 0 spiro atoms. The largest absolute Gasteiger partial charge is 0.294 e. The number of hydrogen-bond acceptors (Lipinski definition) is 3. The van der Waals surface area contributed by atoms with Crippen molar-refractivity contribution in [2.45, 2.75) is 6.92 Å². The van der Waals surface area contributed by atoms with Gasteiger partial charge in [-0.05, 0) is 28.9 Å². The Balaban J connectivity index is 3.47. The summed E-state index contributed by atoms with van der Waals surface area (Å²) < 4.78 is 0.166. The van der Waals surface area contributed by atoms with Crippen molar-refractivity contribution in [2.24, 2.45) is 0 Å². The molecule has 0 amide bonds. The Bertz CT molecular complexity index is 384. The average Bonchev–Trinajstić information content (AvgIpc) is 2.07. The molecular weight excluding hydrogens is 273 g/mol. The van der Waals surface area contributed by atoms with E-state index in [-0.39, 0.29) is 26.5 Å². The number of benzene rings is 1. The van der Waals surface area contributed by atoms with Gasteiger partial charge in [-0.1, -0.05) is 11.6 Å². The van der Waals surface area contributed by atoms with Crippen molar-refractivity contribution >= 4 is 39.0 Å². The smallest absolute Gasteiger partial charge is 0.285 e. The van der Waals surface area contributed by atoms with Crippen molar-refractivity contribution in [3.05, 3.63) is 37.3 Å². The molecule has 0 aliphatic carbocycles. The molecule has 0 bridgehead atoms. The van der Waals surface area contributed by atoms with Crippen LogP contribution in [0.1, 0.15) is 17.3 Å². The van der Waals surface area contributed by atoms with Gasteiger partial charge in [-0.25, -0.2) is 0 Å². The van der Waals surface area contributed by atoms with Crippen molar-refractivity contribution in [1.29, 1.82) is 0 Å². The van der Waals surface area contributed by atoms with Gasteiger partial charge in [0.25, 0.3) is 5.69 Å². The molecule has 0 unspecified atom stereocenters. The molecule has 1 rings (SSSR count). The first kappa shape index (κ1) is 11.1. The predicted octanol–water partition coefficient (Wildman–Crippen LogP) is 3.21. The summed E-state index contributed by atoms with van der Waals surface area (Å²) in [6.45, 7) is 1.32. The van der Waals surface area contributed by atoms with Crippen LogP contribution in [0, 0.1) is 10.1 Å². The van der Waals surface area contributed by atoms with Gasteiger partial charge < -0.3 is 0 Å². The van der Waals surface area contributed by atoms with Crippen LogP contribution in [0.4, 0.5) is 5.69 Å². The van der Waals surface area contributed by atoms with Gasteiger partial charge in [-0.2, -0.15) is 0 Å². The summed E-state index contributed by atoms with van der Waals surface area (Å²) in [7, 11) is 0. The minimum atomic E-state index is -0.595. The van der Waals surface area contributed by atoms with E-state index < -0.39 is 4.92 Å². The lowest BCUT2D eigenvalue weighted by Crippen LogP contribution is -1.98. The van der Waals surface area contributed by atoms with Gasteiger partial charge >= 0.3 is 0 Å². The van der Waals surface area contributed by atoms with Crippen molar-refractivity contribution < 1.29 is 9.72 Å². The first-order chi connectivity index (χ1) is 6.43. The van der Waals surface area contributed by atoms with Gasteiger partial charge in [0.05, 0.1) is 4.92 Å². The van der Waals surface area contributed by atoms with Gasteiger partial charge in [0.2, 0.25) is 0 Å². The minimum absolute atomic E-state index is 0.166. The molecule has 0 heterocycles. The lowest BCUT2D eigenvalue weighted by Gasteiger charge is -2.01. The topological polar surface area (TPSA) is 60.2 Å². The maximum absolute atomic E-state index is 11.1. The van der Waals surface area contributed by atoms with Crippen LogP contribution in [0.5, 0.6) is 0 Å². The van der Waals surface area contributed by atoms with Gasteiger partial charge in [-0.3, -0.25) is 14.9 Å². The van der Waals surface area contributed by atoms with Crippen LogP contribution in [0.3, 0.4) is 0 Å². The molecule has 1 aromatic rings. The van der Waals surface area contributed by atoms with E-state index in [1.165, 1.54) is 19.1 Å². The number of nitro benzene ring substituents is 1. The number of Topliss-reactive ketones (excluding diaryl/α,β-unsaturated/α-hetero) is 1. The van der Waals surface area contributed by atoms with E-state index in [0.717, 1.165) is 0 Å². The van der Waals surface area contributed by atoms with Crippen LogP contribution in [0.2, 0.25) is 5.02 Å². The molecule has 6 heteroatoms. The first-order valence-corrected chi connectivity index (χ1v) is 4.75. The summed E-state index contributed by atoms with van der Waals surface area (Å²) in [6.07, 6.45) is 0. The molecule has 0 radical (unpaired) electrons. The monoisotopic (exact) mass is 277 g/mol. The third-order valence-electron chi connectivity index (χ3n) is 1.59. The highest BCUT2D eigenvalue weighted by Crippen LogP contribution is 2.32. The Labute approximate surface area is 93.1 Å². The summed E-state index contributed by atoms with van der Waals surface area (Å²) in [5, 5.41) is 10.7. The lowest BCUT2D eigenvalue weighted by atomic mass is 10.1. The summed E-state index contributed by atoms with van der Waals surface area (Å²) in [4.78, 5) is 21.0. The summed E-state index contributed by atoms with van der Waals surface area (Å²) in [5.74, 6) is -0.275. The van der Waals surface area contributed by atoms with Crippen molar-refractivity contribution in [2.75, 3.05) is 0 Å². The standard InChI is InChI=1S/C8H5BrClNO3/c1-4(12)6-2-5(10)3-7(8(6)9)11(13)14/h2-3H,1H3. The molecule has 0 aromatic heterocycles. The molecule has 0 saturated carbocycles. The highest BCUT2D eigenvalue weighted by molar-refractivity contribution is 9.10. The molecular formula is C8H5BrClNO3. The van der Waals surface area contributed by atoms with Crippen LogP contribution < -0.4 is 0 Å². The fourth-order valence-electron chi connectivity index (χ4n) is 0.964. The number of rotatable bonds is 2. The van der Waals surface area contributed by atoms with E-state index in [9.17, 15) is 14.9 Å². The van der Waals surface area contributed by atoms with Gasteiger partial charge in [0.15, 0.2) is 5.78 Å². The molecule has 0 aliphatic heterocycles. The maximum atomic E-state index is 11.1. The Morgan fingerprint density at radius 1 is 1.57 bits per heavy atom. The fraction of sp³-hybridized carbons (Fsp3) is 0.125. The predicted molar refractivity (Wildman–Crippen MR) is 55.8 cm³/mol. The average molecular weight is 278 g/mol. The molecule has 0 N–H and O–H groups in total. The zero-order valence-corrected chi connectivity index (χ0v) is 9.42. The van der Waals surface area contributed by atoms with Crippen LogP contribution in [0.25, 0.3) is 0 Å². The quantitative estimate of drug-likeness (QED) is 0.474. The maximum Gasteiger partial charge on any atom is 0.285 e. The van der Waals surface area contributed by atoms with E-state index in [0.29, 0.717) is 0 Å². The summed E-state index contributed by atoms with van der Waals surface area (Å²) in [6, 6.07) is 2.58. The van der Waals surface area contributed by atoms with Crippen molar-refractivity contribution in [1.82, 2.24) is 0 Å². The number of nitrogens with zero attached hydrogens (tertiary/aromatic N) is 1. The number of nitro groups is 1. The second-order valence-electron chi connectivity index (χ2n) is 2.60. The number of halogens is 2. The third-order valence-corrected chi connectivity index (χ3v) is 2.65. The first-order valence-electron chi connectivity index (χ1n) is 3.58. The Morgan fingerprint density at radius 3 is 2.57 bits per heavy atom. The van der Waals surface area contributed by atoms with Crippen LogP contribution >= 0.6 is 27.5 Å². The molecule has 0 aliphatic rings. The highest BCUT2D eigenvalue weighted by Gasteiger charge is 2.19. The molecule has 0 fully saturated rings. The normalized spacial score (nSPS) is 9.93. The molecule has 0 saturated heterocycles. The second kappa shape index (κ2) is 4.06. The number of hydrogen-bond donors (Lipinski definition) is 0. The number of carbonyl (C=O) groups is 1. The van der Waals surface area contributed by atoms with Crippen molar-refractivity contribution in [3.63, 3.8) is 0 Å².